The molecule has 0 spiro atoms. The maximum Gasteiger partial charge on any atom is 0.257 e. The Morgan fingerprint density at radius 3 is 2.68 bits per heavy atom. The minimum Gasteiger partial charge on any atom is -0.481 e. The summed E-state index contributed by atoms with van der Waals surface area (Å²) >= 11 is 0. The standard InChI is InChI=1S/C18H26FN3O5S/c1-12(2)21-18(24)13-5-4-8-22(10-13)28(25,26)14-6-7-16(15(19)9-14)27-11-17(23)20-3/h6-7,9,12-13H,4-5,8,10-11H2,1-3H3,(H,20,23)(H,21,24)/t13-/m0/s1. The van der Waals surface area contributed by atoms with Gasteiger partial charge in [-0.15, -0.1) is 0 Å². The molecule has 10 heteroatoms. The molecule has 0 saturated carbocycles. The fraction of sp³-hybridized carbons (Fsp3) is 0.556. The largest absolute Gasteiger partial charge is 0.481 e. The molecule has 1 aliphatic rings. The van der Waals surface area contributed by atoms with E-state index in [-0.39, 0.29) is 42.3 Å². The number of hydrogen-bond acceptors (Lipinski definition) is 5. The number of hydrogen-bond donors (Lipinski definition) is 2. The van der Waals surface area contributed by atoms with Crippen LogP contribution in [0.15, 0.2) is 23.1 Å². The molecule has 1 fully saturated rings. The molecule has 1 heterocycles. The van der Waals surface area contributed by atoms with Crippen LogP contribution < -0.4 is 15.4 Å². The quantitative estimate of drug-likeness (QED) is 0.688. The Morgan fingerprint density at radius 2 is 2.07 bits per heavy atom. The van der Waals surface area contributed by atoms with E-state index in [0.29, 0.717) is 12.8 Å². The van der Waals surface area contributed by atoms with Crippen molar-refractivity contribution >= 4 is 21.8 Å². The Bertz CT molecular complexity index is 829. The number of nitrogens with zero attached hydrogens (tertiary/aromatic N) is 1. The van der Waals surface area contributed by atoms with E-state index in [9.17, 15) is 22.4 Å². The maximum atomic E-state index is 14.2. The first-order valence-corrected chi connectivity index (χ1v) is 10.5. The van der Waals surface area contributed by atoms with Gasteiger partial charge in [-0.1, -0.05) is 0 Å². The molecule has 0 aliphatic carbocycles. The van der Waals surface area contributed by atoms with Crippen LogP contribution in [0.3, 0.4) is 0 Å². The Labute approximate surface area is 164 Å². The molecular weight excluding hydrogens is 389 g/mol. The molecule has 0 unspecified atom stereocenters. The van der Waals surface area contributed by atoms with Gasteiger partial charge in [0.25, 0.3) is 5.91 Å². The summed E-state index contributed by atoms with van der Waals surface area (Å²) < 4.78 is 46.2. The monoisotopic (exact) mass is 415 g/mol. The van der Waals surface area contributed by atoms with Crippen molar-refractivity contribution in [3.05, 3.63) is 24.0 Å². The summed E-state index contributed by atoms with van der Waals surface area (Å²) in [5.41, 5.74) is 0. The van der Waals surface area contributed by atoms with Crippen LogP contribution in [-0.2, 0) is 19.6 Å². The van der Waals surface area contributed by atoms with Crippen molar-refractivity contribution in [2.24, 2.45) is 5.92 Å². The number of rotatable bonds is 7. The van der Waals surface area contributed by atoms with Gasteiger partial charge in [0.2, 0.25) is 15.9 Å². The lowest BCUT2D eigenvalue weighted by Crippen LogP contribution is -2.46. The summed E-state index contributed by atoms with van der Waals surface area (Å²) in [6.45, 7) is 3.62. The summed E-state index contributed by atoms with van der Waals surface area (Å²) in [4.78, 5) is 23.2. The average molecular weight is 415 g/mol. The Kier molecular flexibility index (Phi) is 7.36. The molecule has 1 aliphatic heterocycles. The van der Waals surface area contributed by atoms with Gasteiger partial charge in [-0.25, -0.2) is 12.8 Å². The highest BCUT2D eigenvalue weighted by Crippen LogP contribution is 2.27. The predicted molar refractivity (Wildman–Crippen MR) is 101 cm³/mol. The van der Waals surface area contributed by atoms with Crippen LogP contribution in [0.25, 0.3) is 0 Å². The molecule has 156 valence electrons. The van der Waals surface area contributed by atoms with Crippen LogP contribution in [-0.4, -0.2) is 57.3 Å². The molecule has 1 atom stereocenters. The topological polar surface area (TPSA) is 105 Å². The lowest BCUT2D eigenvalue weighted by molar-refractivity contribution is -0.126. The number of halogens is 1. The lowest BCUT2D eigenvalue weighted by Gasteiger charge is -2.31. The zero-order valence-electron chi connectivity index (χ0n) is 16.2. The zero-order valence-corrected chi connectivity index (χ0v) is 17.0. The van der Waals surface area contributed by atoms with Crippen molar-refractivity contribution in [1.82, 2.24) is 14.9 Å². The van der Waals surface area contributed by atoms with Crippen molar-refractivity contribution in [2.45, 2.75) is 37.6 Å². The van der Waals surface area contributed by atoms with Crippen molar-refractivity contribution in [2.75, 3.05) is 26.7 Å². The van der Waals surface area contributed by atoms with Gasteiger partial charge in [0.15, 0.2) is 18.2 Å². The fourth-order valence-corrected chi connectivity index (χ4v) is 4.44. The smallest absolute Gasteiger partial charge is 0.257 e. The molecule has 0 bridgehead atoms. The predicted octanol–water partition coefficient (Wildman–Crippen LogP) is 0.876. The SMILES string of the molecule is CNC(=O)COc1ccc(S(=O)(=O)N2CCC[C@H](C(=O)NC(C)C)C2)cc1F. The van der Waals surface area contributed by atoms with E-state index in [1.807, 2.05) is 13.8 Å². The molecule has 2 amide bonds. The van der Waals surface area contributed by atoms with Crippen LogP contribution >= 0.6 is 0 Å². The Balaban J connectivity index is 2.14. The van der Waals surface area contributed by atoms with Gasteiger partial charge in [0.1, 0.15) is 0 Å². The number of piperidine rings is 1. The van der Waals surface area contributed by atoms with Crippen LogP contribution in [0.2, 0.25) is 0 Å². The second-order valence-corrected chi connectivity index (χ2v) is 8.86. The van der Waals surface area contributed by atoms with Gasteiger partial charge in [-0.2, -0.15) is 4.31 Å². The molecule has 2 rings (SSSR count). The molecule has 8 nitrogen and oxygen atoms in total. The van der Waals surface area contributed by atoms with Gasteiger partial charge < -0.3 is 15.4 Å². The Hall–Kier alpha value is -2.20. The molecule has 28 heavy (non-hydrogen) atoms. The summed E-state index contributed by atoms with van der Waals surface area (Å²) in [6.07, 6.45) is 1.15. The van der Waals surface area contributed by atoms with Crippen LogP contribution in [0.4, 0.5) is 4.39 Å². The third-order valence-electron chi connectivity index (χ3n) is 4.36. The second-order valence-electron chi connectivity index (χ2n) is 6.92. The summed E-state index contributed by atoms with van der Waals surface area (Å²) in [7, 11) is -2.53. The Morgan fingerprint density at radius 1 is 1.36 bits per heavy atom. The third-order valence-corrected chi connectivity index (χ3v) is 6.23. The highest BCUT2D eigenvalue weighted by Gasteiger charge is 2.33. The van der Waals surface area contributed by atoms with Gasteiger partial charge in [0.05, 0.1) is 10.8 Å². The van der Waals surface area contributed by atoms with Crippen LogP contribution in [0.1, 0.15) is 26.7 Å². The van der Waals surface area contributed by atoms with E-state index in [1.54, 1.807) is 0 Å². The lowest BCUT2D eigenvalue weighted by atomic mass is 9.98. The summed E-state index contributed by atoms with van der Waals surface area (Å²) in [5, 5.41) is 5.14. The minimum absolute atomic E-state index is 0.0316. The van der Waals surface area contributed by atoms with E-state index in [4.69, 9.17) is 4.74 Å². The first-order chi connectivity index (χ1) is 13.1. The average Bonchev–Trinajstić information content (AvgIpc) is 2.66. The molecule has 0 radical (unpaired) electrons. The molecule has 1 aromatic carbocycles. The highest BCUT2D eigenvalue weighted by molar-refractivity contribution is 7.89. The fourth-order valence-electron chi connectivity index (χ4n) is 2.90. The van der Waals surface area contributed by atoms with Crippen molar-refractivity contribution in [3.8, 4) is 5.75 Å². The molecule has 1 saturated heterocycles. The van der Waals surface area contributed by atoms with E-state index in [1.165, 1.54) is 23.5 Å². The maximum absolute atomic E-state index is 14.2. The van der Waals surface area contributed by atoms with Crippen molar-refractivity contribution in [3.63, 3.8) is 0 Å². The van der Waals surface area contributed by atoms with Crippen molar-refractivity contribution in [1.29, 1.82) is 0 Å². The van der Waals surface area contributed by atoms with Gasteiger partial charge in [-0.3, -0.25) is 9.59 Å². The van der Waals surface area contributed by atoms with E-state index in [2.05, 4.69) is 10.6 Å². The number of ether oxygens (including phenoxy) is 1. The number of amides is 2. The number of carbonyl (C=O) groups is 2. The summed E-state index contributed by atoms with van der Waals surface area (Å²) in [5.74, 6) is -2.15. The van der Waals surface area contributed by atoms with E-state index >= 15 is 0 Å². The number of benzene rings is 1. The number of likely N-dealkylation sites (N-methyl/N-ethyl adjacent to an activating group) is 1. The number of carbonyl (C=O) groups excluding carboxylic acids is 2. The first-order valence-electron chi connectivity index (χ1n) is 9.08. The molecule has 2 N–H and O–H groups in total. The van der Waals surface area contributed by atoms with Gasteiger partial charge >= 0.3 is 0 Å². The van der Waals surface area contributed by atoms with Crippen LogP contribution in [0.5, 0.6) is 5.75 Å². The van der Waals surface area contributed by atoms with E-state index in [0.717, 1.165) is 6.07 Å². The minimum atomic E-state index is -3.95. The highest BCUT2D eigenvalue weighted by atomic mass is 32.2. The van der Waals surface area contributed by atoms with Gasteiger partial charge in [-0.05, 0) is 44.9 Å². The van der Waals surface area contributed by atoms with Gasteiger partial charge in [0, 0.05) is 26.2 Å². The molecule has 1 aromatic rings. The zero-order chi connectivity index (χ0) is 20.9. The van der Waals surface area contributed by atoms with E-state index < -0.39 is 27.7 Å². The normalized spacial score (nSPS) is 18.0. The van der Waals surface area contributed by atoms with Crippen LogP contribution in [0, 0.1) is 11.7 Å². The van der Waals surface area contributed by atoms with Crippen molar-refractivity contribution < 1.29 is 27.1 Å². The second kappa shape index (κ2) is 9.33. The first kappa shape index (κ1) is 22.1. The molecule has 0 aromatic heterocycles. The summed E-state index contributed by atoms with van der Waals surface area (Å²) in [6, 6.07) is 3.25. The molecular formula is C18H26FN3O5S. The number of nitrogens with one attached hydrogen (secondary N) is 2. The third kappa shape index (κ3) is 5.41. The number of sulfonamides is 1.